The highest BCUT2D eigenvalue weighted by Gasteiger charge is 2.10. The van der Waals surface area contributed by atoms with Crippen LogP contribution in [0.3, 0.4) is 0 Å². The summed E-state index contributed by atoms with van der Waals surface area (Å²) < 4.78 is 12.9. The third-order valence-electron chi connectivity index (χ3n) is 2.57. The van der Waals surface area contributed by atoms with Crippen molar-refractivity contribution in [3.05, 3.63) is 53.0 Å². The number of nitriles is 1. The first kappa shape index (κ1) is 11.3. The van der Waals surface area contributed by atoms with Gasteiger partial charge >= 0.3 is 0 Å². The molecule has 1 aromatic heterocycles. The Bertz CT molecular complexity index is 595. The molecule has 0 amide bonds. The van der Waals surface area contributed by atoms with Gasteiger partial charge in [-0.3, -0.25) is 4.98 Å². The molecule has 0 radical (unpaired) electrons. The predicted octanol–water partition coefficient (Wildman–Crippen LogP) is 3.38. The first-order valence-electron chi connectivity index (χ1n) is 5.26. The molecule has 3 heteroatoms. The van der Waals surface area contributed by atoms with Crippen LogP contribution in [0.2, 0.25) is 0 Å². The molecular weight excluding hydrogens is 215 g/mol. The molecule has 17 heavy (non-hydrogen) atoms. The van der Waals surface area contributed by atoms with Gasteiger partial charge in [-0.2, -0.15) is 5.26 Å². The van der Waals surface area contributed by atoms with Crippen molar-refractivity contribution in [3.8, 4) is 17.3 Å². The minimum Gasteiger partial charge on any atom is -0.252 e. The van der Waals surface area contributed by atoms with Gasteiger partial charge in [0.25, 0.3) is 0 Å². The van der Waals surface area contributed by atoms with E-state index in [2.05, 4.69) is 11.1 Å². The molecule has 0 aliphatic heterocycles. The molecule has 84 valence electrons. The van der Waals surface area contributed by atoms with Crippen molar-refractivity contribution in [2.75, 3.05) is 0 Å². The van der Waals surface area contributed by atoms with Gasteiger partial charge in [0.2, 0.25) is 0 Å². The molecule has 0 aliphatic carbocycles. The Balaban J connectivity index is 2.66. The van der Waals surface area contributed by atoms with Crippen LogP contribution in [-0.4, -0.2) is 4.98 Å². The van der Waals surface area contributed by atoms with Crippen molar-refractivity contribution in [1.82, 2.24) is 4.98 Å². The number of rotatable bonds is 1. The Labute approximate surface area is 99.4 Å². The predicted molar refractivity (Wildman–Crippen MR) is 63.8 cm³/mol. The van der Waals surface area contributed by atoms with E-state index in [1.165, 1.54) is 12.1 Å². The number of nitrogens with zero attached hydrogens (tertiary/aromatic N) is 2. The SMILES string of the molecule is Cc1cc(C)c(C#N)c(-c2ccc(F)cc2)n1. The van der Waals surface area contributed by atoms with E-state index >= 15 is 0 Å². The maximum absolute atomic E-state index is 12.9. The Morgan fingerprint density at radius 3 is 2.41 bits per heavy atom. The van der Waals surface area contributed by atoms with Crippen molar-refractivity contribution in [2.45, 2.75) is 13.8 Å². The van der Waals surface area contributed by atoms with Crippen LogP contribution in [0.25, 0.3) is 11.3 Å². The van der Waals surface area contributed by atoms with E-state index in [0.29, 0.717) is 11.3 Å². The maximum Gasteiger partial charge on any atom is 0.123 e. The normalized spacial score (nSPS) is 10.0. The number of hydrogen-bond donors (Lipinski definition) is 0. The molecular formula is C14H11FN2. The zero-order chi connectivity index (χ0) is 12.4. The Hall–Kier alpha value is -2.21. The van der Waals surface area contributed by atoms with E-state index in [9.17, 15) is 4.39 Å². The zero-order valence-corrected chi connectivity index (χ0v) is 9.66. The molecule has 0 fully saturated rings. The van der Waals surface area contributed by atoms with Gasteiger partial charge in [0.1, 0.15) is 11.9 Å². The lowest BCUT2D eigenvalue weighted by molar-refractivity contribution is 0.628. The van der Waals surface area contributed by atoms with E-state index in [1.54, 1.807) is 12.1 Å². The summed E-state index contributed by atoms with van der Waals surface area (Å²) in [5.41, 5.74) is 3.65. The number of halogens is 1. The Morgan fingerprint density at radius 1 is 1.18 bits per heavy atom. The molecule has 0 aliphatic rings. The lowest BCUT2D eigenvalue weighted by Crippen LogP contribution is -1.95. The van der Waals surface area contributed by atoms with Crippen LogP contribution in [-0.2, 0) is 0 Å². The van der Waals surface area contributed by atoms with Gasteiger partial charge in [-0.25, -0.2) is 4.39 Å². The van der Waals surface area contributed by atoms with Crippen molar-refractivity contribution in [2.24, 2.45) is 0 Å². The second kappa shape index (κ2) is 4.34. The summed E-state index contributed by atoms with van der Waals surface area (Å²) in [5, 5.41) is 9.14. The summed E-state index contributed by atoms with van der Waals surface area (Å²) in [5.74, 6) is -0.295. The highest BCUT2D eigenvalue weighted by molar-refractivity contribution is 5.68. The molecule has 1 aromatic carbocycles. The van der Waals surface area contributed by atoms with E-state index in [0.717, 1.165) is 16.8 Å². The topological polar surface area (TPSA) is 36.7 Å². The van der Waals surface area contributed by atoms with Crippen LogP contribution in [0.4, 0.5) is 4.39 Å². The Kier molecular flexibility index (Phi) is 2.88. The van der Waals surface area contributed by atoms with Gasteiger partial charge in [0.05, 0.1) is 11.3 Å². The van der Waals surface area contributed by atoms with Crippen molar-refractivity contribution >= 4 is 0 Å². The highest BCUT2D eigenvalue weighted by atomic mass is 19.1. The van der Waals surface area contributed by atoms with Crippen LogP contribution >= 0.6 is 0 Å². The van der Waals surface area contributed by atoms with Crippen molar-refractivity contribution in [1.29, 1.82) is 5.26 Å². The van der Waals surface area contributed by atoms with Crippen LogP contribution in [0.5, 0.6) is 0 Å². The maximum atomic E-state index is 12.9. The summed E-state index contributed by atoms with van der Waals surface area (Å²) in [4.78, 5) is 4.36. The lowest BCUT2D eigenvalue weighted by Gasteiger charge is -2.07. The zero-order valence-electron chi connectivity index (χ0n) is 9.66. The second-order valence-electron chi connectivity index (χ2n) is 3.92. The fourth-order valence-corrected chi connectivity index (χ4v) is 1.79. The summed E-state index contributed by atoms with van der Waals surface area (Å²) in [6.45, 7) is 3.75. The lowest BCUT2D eigenvalue weighted by atomic mass is 10.0. The third-order valence-corrected chi connectivity index (χ3v) is 2.57. The second-order valence-corrected chi connectivity index (χ2v) is 3.92. The molecule has 0 unspecified atom stereocenters. The summed E-state index contributed by atoms with van der Waals surface area (Å²) in [6.07, 6.45) is 0. The van der Waals surface area contributed by atoms with Crippen molar-refractivity contribution < 1.29 is 4.39 Å². The van der Waals surface area contributed by atoms with Gasteiger partial charge in [0, 0.05) is 11.3 Å². The molecule has 0 spiro atoms. The molecule has 0 atom stereocenters. The number of aromatic nitrogens is 1. The number of pyridine rings is 1. The first-order chi connectivity index (χ1) is 8.11. The van der Waals surface area contributed by atoms with Gasteiger partial charge in [-0.15, -0.1) is 0 Å². The van der Waals surface area contributed by atoms with E-state index in [4.69, 9.17) is 5.26 Å². The van der Waals surface area contributed by atoms with Gasteiger partial charge < -0.3 is 0 Å². The summed E-state index contributed by atoms with van der Waals surface area (Å²) >= 11 is 0. The standard InChI is InChI=1S/C14H11FN2/c1-9-7-10(2)17-14(13(9)8-16)11-3-5-12(15)6-4-11/h3-7H,1-2H3. The number of benzene rings is 1. The highest BCUT2D eigenvalue weighted by Crippen LogP contribution is 2.24. The molecule has 0 saturated heterocycles. The van der Waals surface area contributed by atoms with E-state index in [-0.39, 0.29) is 5.82 Å². The summed E-state index contributed by atoms with van der Waals surface area (Å²) in [6, 6.07) is 10.0. The van der Waals surface area contributed by atoms with Crippen LogP contribution in [0, 0.1) is 31.0 Å². The molecule has 0 saturated carbocycles. The Morgan fingerprint density at radius 2 is 1.82 bits per heavy atom. The number of aryl methyl sites for hydroxylation is 2. The van der Waals surface area contributed by atoms with Crippen LogP contribution < -0.4 is 0 Å². The summed E-state index contributed by atoms with van der Waals surface area (Å²) in [7, 11) is 0. The molecule has 2 nitrogen and oxygen atoms in total. The molecule has 0 N–H and O–H groups in total. The molecule has 0 bridgehead atoms. The quantitative estimate of drug-likeness (QED) is 0.747. The van der Waals surface area contributed by atoms with Gasteiger partial charge in [-0.05, 0) is 49.7 Å². The smallest absolute Gasteiger partial charge is 0.123 e. The molecule has 2 aromatic rings. The fraction of sp³-hybridized carbons (Fsp3) is 0.143. The molecule has 2 rings (SSSR count). The van der Waals surface area contributed by atoms with Crippen molar-refractivity contribution in [3.63, 3.8) is 0 Å². The minimum atomic E-state index is -0.295. The number of hydrogen-bond acceptors (Lipinski definition) is 2. The van der Waals surface area contributed by atoms with Crippen LogP contribution in [0.15, 0.2) is 30.3 Å². The van der Waals surface area contributed by atoms with Crippen LogP contribution in [0.1, 0.15) is 16.8 Å². The average molecular weight is 226 g/mol. The molecule has 1 heterocycles. The average Bonchev–Trinajstić information content (AvgIpc) is 2.29. The monoisotopic (exact) mass is 226 g/mol. The largest absolute Gasteiger partial charge is 0.252 e. The van der Waals surface area contributed by atoms with Gasteiger partial charge in [-0.1, -0.05) is 0 Å². The van der Waals surface area contributed by atoms with Gasteiger partial charge in [0.15, 0.2) is 0 Å². The van der Waals surface area contributed by atoms with E-state index < -0.39 is 0 Å². The third kappa shape index (κ3) is 2.16. The minimum absolute atomic E-state index is 0.295. The fourth-order valence-electron chi connectivity index (χ4n) is 1.79. The van der Waals surface area contributed by atoms with E-state index in [1.807, 2.05) is 19.9 Å². The first-order valence-corrected chi connectivity index (χ1v) is 5.26.